The first-order chi connectivity index (χ1) is 8.88. The van der Waals surface area contributed by atoms with Crippen molar-refractivity contribution in [1.82, 2.24) is 9.97 Å². The zero-order valence-electron chi connectivity index (χ0n) is 11.4. The van der Waals surface area contributed by atoms with Gasteiger partial charge in [-0.2, -0.15) is 0 Å². The molecule has 1 atom stereocenters. The molecule has 0 fully saturated rings. The van der Waals surface area contributed by atoms with E-state index in [0.717, 1.165) is 0 Å². The monoisotopic (exact) mass is 267 g/mol. The Kier molecular flexibility index (Phi) is 4.80. The van der Waals surface area contributed by atoms with Crippen molar-refractivity contribution in [1.29, 1.82) is 0 Å². The number of aliphatic carboxylic acids is 1. The van der Waals surface area contributed by atoms with Gasteiger partial charge in [0.25, 0.3) is 0 Å². The van der Waals surface area contributed by atoms with Gasteiger partial charge < -0.3 is 14.7 Å². The fourth-order valence-corrected chi connectivity index (χ4v) is 1.37. The maximum Gasteiger partial charge on any atom is 0.341 e. The average molecular weight is 267 g/mol. The van der Waals surface area contributed by atoms with E-state index in [1.807, 2.05) is 0 Å². The Morgan fingerprint density at radius 2 is 2.16 bits per heavy atom. The van der Waals surface area contributed by atoms with Crippen molar-refractivity contribution >= 4 is 17.9 Å². The number of nitrogens with zero attached hydrogens (tertiary/aromatic N) is 3. The Balaban J connectivity index is 2.99. The highest BCUT2D eigenvalue weighted by Gasteiger charge is 2.21. The number of carbonyl (C=O) groups excluding carboxylic acids is 1. The van der Waals surface area contributed by atoms with Gasteiger partial charge >= 0.3 is 11.9 Å². The molecule has 1 heterocycles. The molecule has 0 spiro atoms. The van der Waals surface area contributed by atoms with Gasteiger partial charge in [-0.1, -0.05) is 0 Å². The maximum atomic E-state index is 11.6. The Bertz CT molecular complexity index is 490. The molecular weight excluding hydrogens is 250 g/mol. The summed E-state index contributed by atoms with van der Waals surface area (Å²) >= 11 is 0. The standard InChI is InChI=1S/C12H17N3O4/c1-5-19-11(18)9-6-13-12(14-7(9)2)15(4)8(3)10(16)17/h6,8H,5H2,1-4H3,(H,16,17). The van der Waals surface area contributed by atoms with Gasteiger partial charge in [-0.15, -0.1) is 0 Å². The number of carboxylic acid groups (broad SMARTS) is 1. The van der Waals surface area contributed by atoms with Crippen LogP contribution in [0.25, 0.3) is 0 Å². The van der Waals surface area contributed by atoms with Crippen LogP contribution in [0.15, 0.2) is 6.20 Å². The summed E-state index contributed by atoms with van der Waals surface area (Å²) < 4.78 is 4.87. The van der Waals surface area contributed by atoms with Gasteiger partial charge in [0.05, 0.1) is 17.9 Å². The van der Waals surface area contributed by atoms with Crippen molar-refractivity contribution < 1.29 is 19.4 Å². The lowest BCUT2D eigenvalue weighted by Crippen LogP contribution is -2.37. The molecule has 0 radical (unpaired) electrons. The lowest BCUT2D eigenvalue weighted by atomic mass is 10.2. The van der Waals surface area contributed by atoms with Crippen LogP contribution in [-0.4, -0.2) is 46.7 Å². The Morgan fingerprint density at radius 1 is 1.53 bits per heavy atom. The molecule has 0 saturated heterocycles. The molecular formula is C12H17N3O4. The van der Waals surface area contributed by atoms with Crippen molar-refractivity contribution in [2.24, 2.45) is 0 Å². The lowest BCUT2D eigenvalue weighted by molar-refractivity contribution is -0.138. The number of carbonyl (C=O) groups is 2. The second-order valence-corrected chi connectivity index (χ2v) is 4.01. The number of esters is 1. The molecule has 0 aliphatic rings. The highest BCUT2D eigenvalue weighted by molar-refractivity contribution is 5.90. The maximum absolute atomic E-state index is 11.6. The summed E-state index contributed by atoms with van der Waals surface area (Å²) in [5, 5.41) is 8.92. The third-order valence-corrected chi connectivity index (χ3v) is 2.72. The molecule has 1 unspecified atom stereocenters. The summed E-state index contributed by atoms with van der Waals surface area (Å²) in [6.45, 7) is 5.16. The first-order valence-corrected chi connectivity index (χ1v) is 5.84. The number of ether oxygens (including phenoxy) is 1. The third kappa shape index (κ3) is 3.40. The van der Waals surface area contributed by atoms with Gasteiger partial charge in [0.15, 0.2) is 0 Å². The Hall–Kier alpha value is -2.18. The third-order valence-electron chi connectivity index (χ3n) is 2.72. The van der Waals surface area contributed by atoms with Crippen molar-refractivity contribution in [2.45, 2.75) is 26.8 Å². The fraction of sp³-hybridized carbons (Fsp3) is 0.500. The van der Waals surface area contributed by atoms with E-state index in [1.165, 1.54) is 18.0 Å². The average Bonchev–Trinajstić information content (AvgIpc) is 2.36. The zero-order valence-corrected chi connectivity index (χ0v) is 11.4. The van der Waals surface area contributed by atoms with Crippen molar-refractivity contribution in [3.8, 4) is 0 Å². The van der Waals surface area contributed by atoms with Crippen LogP contribution in [0.3, 0.4) is 0 Å². The van der Waals surface area contributed by atoms with E-state index in [2.05, 4.69) is 9.97 Å². The van der Waals surface area contributed by atoms with E-state index >= 15 is 0 Å². The topological polar surface area (TPSA) is 92.6 Å². The van der Waals surface area contributed by atoms with Gasteiger partial charge in [0.1, 0.15) is 6.04 Å². The smallest absolute Gasteiger partial charge is 0.341 e. The molecule has 0 aromatic carbocycles. The van der Waals surface area contributed by atoms with E-state index in [9.17, 15) is 9.59 Å². The Labute approximate surface area is 111 Å². The van der Waals surface area contributed by atoms with Crippen LogP contribution in [0, 0.1) is 6.92 Å². The van der Waals surface area contributed by atoms with Gasteiger partial charge in [0.2, 0.25) is 5.95 Å². The minimum atomic E-state index is -0.974. The van der Waals surface area contributed by atoms with Crippen LogP contribution in [0.5, 0.6) is 0 Å². The molecule has 19 heavy (non-hydrogen) atoms. The summed E-state index contributed by atoms with van der Waals surface area (Å²) in [6.07, 6.45) is 1.35. The molecule has 0 bridgehead atoms. The largest absolute Gasteiger partial charge is 0.480 e. The Morgan fingerprint density at radius 3 is 2.63 bits per heavy atom. The van der Waals surface area contributed by atoms with Crippen LogP contribution in [0.2, 0.25) is 0 Å². The SMILES string of the molecule is CCOC(=O)c1cnc(N(C)C(C)C(=O)O)nc1C. The van der Waals surface area contributed by atoms with Crippen molar-refractivity contribution in [3.63, 3.8) is 0 Å². The second kappa shape index (κ2) is 6.12. The summed E-state index contributed by atoms with van der Waals surface area (Å²) in [6, 6.07) is -0.757. The van der Waals surface area contributed by atoms with Crippen molar-refractivity contribution in [2.75, 3.05) is 18.6 Å². The number of hydrogen-bond donors (Lipinski definition) is 1. The number of aryl methyl sites for hydroxylation is 1. The molecule has 1 aromatic rings. The number of hydrogen-bond acceptors (Lipinski definition) is 6. The van der Waals surface area contributed by atoms with Crippen LogP contribution in [0.4, 0.5) is 5.95 Å². The molecule has 0 saturated carbocycles. The second-order valence-electron chi connectivity index (χ2n) is 4.01. The normalized spacial score (nSPS) is 11.8. The number of carboxylic acids is 1. The first-order valence-electron chi connectivity index (χ1n) is 5.84. The minimum Gasteiger partial charge on any atom is -0.480 e. The number of rotatable bonds is 5. The molecule has 1 N–H and O–H groups in total. The van der Waals surface area contributed by atoms with Gasteiger partial charge in [-0.25, -0.2) is 19.6 Å². The number of aromatic nitrogens is 2. The van der Waals surface area contributed by atoms with E-state index in [0.29, 0.717) is 5.69 Å². The molecule has 7 heteroatoms. The molecule has 0 amide bonds. The molecule has 7 nitrogen and oxygen atoms in total. The van der Waals surface area contributed by atoms with Crippen molar-refractivity contribution in [3.05, 3.63) is 17.5 Å². The van der Waals surface area contributed by atoms with E-state index < -0.39 is 18.0 Å². The fourth-order valence-electron chi connectivity index (χ4n) is 1.37. The van der Waals surface area contributed by atoms with E-state index in [-0.39, 0.29) is 18.1 Å². The summed E-state index contributed by atoms with van der Waals surface area (Å²) in [4.78, 5) is 32.0. The number of likely N-dealkylation sites (N-methyl/N-ethyl adjacent to an activating group) is 1. The van der Waals surface area contributed by atoms with Crippen LogP contribution < -0.4 is 4.90 Å². The quantitative estimate of drug-likeness (QED) is 0.791. The van der Waals surface area contributed by atoms with Crippen LogP contribution in [0.1, 0.15) is 29.9 Å². The summed E-state index contributed by atoms with van der Waals surface area (Å²) in [5.41, 5.74) is 0.731. The molecule has 1 rings (SSSR count). The lowest BCUT2D eigenvalue weighted by Gasteiger charge is -2.21. The highest BCUT2D eigenvalue weighted by Crippen LogP contribution is 2.13. The van der Waals surface area contributed by atoms with Crippen LogP contribution in [-0.2, 0) is 9.53 Å². The van der Waals surface area contributed by atoms with E-state index in [4.69, 9.17) is 9.84 Å². The summed E-state index contributed by atoms with van der Waals surface area (Å²) in [5.74, 6) is -1.21. The summed E-state index contributed by atoms with van der Waals surface area (Å²) in [7, 11) is 1.58. The number of anilines is 1. The minimum absolute atomic E-state index is 0.250. The molecule has 104 valence electrons. The zero-order chi connectivity index (χ0) is 14.6. The predicted molar refractivity (Wildman–Crippen MR) is 68.2 cm³/mol. The molecule has 0 aliphatic carbocycles. The van der Waals surface area contributed by atoms with E-state index in [1.54, 1.807) is 20.9 Å². The molecule has 0 aliphatic heterocycles. The van der Waals surface area contributed by atoms with Crippen LogP contribution >= 0.6 is 0 Å². The predicted octanol–water partition coefficient (Wildman–Crippen LogP) is 0.871. The van der Waals surface area contributed by atoms with Gasteiger partial charge in [0, 0.05) is 13.2 Å². The molecule has 1 aromatic heterocycles. The van der Waals surface area contributed by atoms with Gasteiger partial charge in [-0.3, -0.25) is 0 Å². The highest BCUT2D eigenvalue weighted by atomic mass is 16.5. The van der Waals surface area contributed by atoms with Gasteiger partial charge in [-0.05, 0) is 20.8 Å². The first kappa shape index (κ1) is 14.9.